The number of nitrogens with two attached hydrogens (primary N) is 1. The molecule has 5 nitrogen and oxygen atoms in total. The lowest BCUT2D eigenvalue weighted by Gasteiger charge is -2.06. The molecule has 0 unspecified atom stereocenters. The van der Waals surface area contributed by atoms with Crippen molar-refractivity contribution in [2.45, 2.75) is 32.4 Å². The Hall–Kier alpha value is -2.04. The number of guanidine groups is 1. The second kappa shape index (κ2) is 4.91. The Balaban J connectivity index is 1.69. The van der Waals surface area contributed by atoms with Crippen LogP contribution in [0.15, 0.2) is 29.3 Å². The number of fused-ring (bicyclic) bond motifs is 1. The van der Waals surface area contributed by atoms with Gasteiger partial charge in [-0.3, -0.25) is 4.99 Å². The summed E-state index contributed by atoms with van der Waals surface area (Å²) in [6.45, 7) is 3.50. The molecule has 0 saturated heterocycles. The molecule has 0 radical (unpaired) electrons. The molecule has 5 heteroatoms. The SMILES string of the molecule is Cc1nc2ccccc2n1CCN=C(N)NC1CC1. The van der Waals surface area contributed by atoms with E-state index >= 15 is 0 Å². The first-order chi connectivity index (χ1) is 9.24. The molecule has 1 fully saturated rings. The molecular weight excluding hydrogens is 238 g/mol. The summed E-state index contributed by atoms with van der Waals surface area (Å²) in [5.74, 6) is 1.58. The molecule has 0 aliphatic heterocycles. The lowest BCUT2D eigenvalue weighted by molar-refractivity contribution is 0.700. The summed E-state index contributed by atoms with van der Waals surface area (Å²) < 4.78 is 2.18. The van der Waals surface area contributed by atoms with E-state index in [2.05, 4.69) is 25.9 Å². The van der Waals surface area contributed by atoms with Crippen molar-refractivity contribution in [3.63, 3.8) is 0 Å². The van der Waals surface area contributed by atoms with Gasteiger partial charge in [0.15, 0.2) is 5.96 Å². The van der Waals surface area contributed by atoms with Crippen LogP contribution in [0.2, 0.25) is 0 Å². The molecule has 1 aromatic carbocycles. The monoisotopic (exact) mass is 257 g/mol. The van der Waals surface area contributed by atoms with Gasteiger partial charge in [0.25, 0.3) is 0 Å². The van der Waals surface area contributed by atoms with Crippen LogP contribution in [0.4, 0.5) is 0 Å². The number of nitrogens with one attached hydrogen (secondary N) is 1. The molecule has 0 bridgehead atoms. The van der Waals surface area contributed by atoms with Crippen LogP contribution < -0.4 is 11.1 Å². The van der Waals surface area contributed by atoms with Gasteiger partial charge in [0, 0.05) is 12.6 Å². The van der Waals surface area contributed by atoms with Crippen molar-refractivity contribution in [1.29, 1.82) is 0 Å². The largest absolute Gasteiger partial charge is 0.370 e. The van der Waals surface area contributed by atoms with Crippen LogP contribution in [0.5, 0.6) is 0 Å². The van der Waals surface area contributed by atoms with Gasteiger partial charge in [0.2, 0.25) is 0 Å². The third-order valence-electron chi connectivity index (χ3n) is 3.38. The maximum atomic E-state index is 5.82. The summed E-state index contributed by atoms with van der Waals surface area (Å²) in [4.78, 5) is 8.90. The zero-order chi connectivity index (χ0) is 13.2. The number of aromatic nitrogens is 2. The summed E-state index contributed by atoms with van der Waals surface area (Å²) in [7, 11) is 0. The minimum Gasteiger partial charge on any atom is -0.370 e. The minimum atomic E-state index is 0.555. The van der Waals surface area contributed by atoms with E-state index in [0.717, 1.165) is 23.4 Å². The second-order valence-electron chi connectivity index (χ2n) is 4.98. The molecule has 2 aromatic rings. The van der Waals surface area contributed by atoms with E-state index in [4.69, 9.17) is 5.73 Å². The number of aryl methyl sites for hydroxylation is 1. The zero-order valence-electron chi connectivity index (χ0n) is 11.1. The van der Waals surface area contributed by atoms with E-state index < -0.39 is 0 Å². The Morgan fingerprint density at radius 1 is 1.47 bits per heavy atom. The van der Waals surface area contributed by atoms with Crippen molar-refractivity contribution in [3.05, 3.63) is 30.1 Å². The second-order valence-corrected chi connectivity index (χ2v) is 4.98. The summed E-state index contributed by atoms with van der Waals surface area (Å²) in [5, 5.41) is 3.19. The van der Waals surface area contributed by atoms with Crippen molar-refractivity contribution in [2.75, 3.05) is 6.54 Å². The molecule has 0 amide bonds. The van der Waals surface area contributed by atoms with Gasteiger partial charge in [-0.05, 0) is 31.9 Å². The van der Waals surface area contributed by atoms with Gasteiger partial charge in [-0.15, -0.1) is 0 Å². The fraction of sp³-hybridized carbons (Fsp3) is 0.429. The average molecular weight is 257 g/mol. The van der Waals surface area contributed by atoms with Crippen LogP contribution in [-0.2, 0) is 6.54 Å². The van der Waals surface area contributed by atoms with Crippen LogP contribution >= 0.6 is 0 Å². The van der Waals surface area contributed by atoms with Gasteiger partial charge in [0.05, 0.1) is 17.6 Å². The van der Waals surface area contributed by atoms with Crippen molar-refractivity contribution >= 4 is 17.0 Å². The van der Waals surface area contributed by atoms with Crippen LogP contribution in [-0.4, -0.2) is 28.1 Å². The van der Waals surface area contributed by atoms with E-state index in [9.17, 15) is 0 Å². The zero-order valence-corrected chi connectivity index (χ0v) is 11.1. The predicted molar refractivity (Wildman–Crippen MR) is 77.1 cm³/mol. The fourth-order valence-corrected chi connectivity index (χ4v) is 2.23. The molecule has 3 N–H and O–H groups in total. The Morgan fingerprint density at radius 3 is 3.05 bits per heavy atom. The highest BCUT2D eigenvalue weighted by molar-refractivity contribution is 5.78. The standard InChI is InChI=1S/C14H19N5/c1-10-17-12-4-2-3-5-13(12)19(10)9-8-16-14(15)18-11-6-7-11/h2-5,11H,6-9H2,1H3,(H3,15,16,18). The van der Waals surface area contributed by atoms with Crippen LogP contribution in [0.25, 0.3) is 11.0 Å². The van der Waals surface area contributed by atoms with Crippen molar-refractivity contribution < 1.29 is 0 Å². The van der Waals surface area contributed by atoms with E-state index in [-0.39, 0.29) is 0 Å². The molecule has 1 aliphatic carbocycles. The lowest BCUT2D eigenvalue weighted by Crippen LogP contribution is -2.33. The highest BCUT2D eigenvalue weighted by Crippen LogP contribution is 2.18. The number of rotatable bonds is 4. The first-order valence-electron chi connectivity index (χ1n) is 6.72. The molecule has 1 aromatic heterocycles. The molecule has 0 atom stereocenters. The maximum Gasteiger partial charge on any atom is 0.188 e. The molecule has 1 aliphatic rings. The Labute approximate surface area is 112 Å². The number of para-hydroxylation sites is 2. The van der Waals surface area contributed by atoms with Gasteiger partial charge in [0.1, 0.15) is 5.82 Å². The van der Waals surface area contributed by atoms with Gasteiger partial charge < -0.3 is 15.6 Å². The van der Waals surface area contributed by atoms with Gasteiger partial charge in [-0.25, -0.2) is 4.98 Å². The van der Waals surface area contributed by atoms with Gasteiger partial charge in [-0.2, -0.15) is 0 Å². The smallest absolute Gasteiger partial charge is 0.188 e. The van der Waals surface area contributed by atoms with E-state index in [1.54, 1.807) is 0 Å². The number of hydrogen-bond acceptors (Lipinski definition) is 2. The molecule has 100 valence electrons. The Morgan fingerprint density at radius 2 is 2.26 bits per heavy atom. The number of hydrogen-bond donors (Lipinski definition) is 2. The van der Waals surface area contributed by atoms with E-state index in [0.29, 0.717) is 18.5 Å². The van der Waals surface area contributed by atoms with Crippen LogP contribution in [0.3, 0.4) is 0 Å². The first-order valence-corrected chi connectivity index (χ1v) is 6.72. The number of nitrogens with zero attached hydrogens (tertiary/aromatic N) is 3. The average Bonchev–Trinajstić information content (AvgIpc) is 3.14. The molecule has 3 rings (SSSR count). The molecule has 1 saturated carbocycles. The van der Waals surface area contributed by atoms with E-state index in [1.807, 2.05) is 25.1 Å². The van der Waals surface area contributed by atoms with Crippen LogP contribution in [0, 0.1) is 6.92 Å². The lowest BCUT2D eigenvalue weighted by atomic mass is 10.3. The van der Waals surface area contributed by atoms with Gasteiger partial charge >= 0.3 is 0 Å². The third-order valence-corrected chi connectivity index (χ3v) is 3.38. The maximum absolute atomic E-state index is 5.82. The Bertz CT molecular complexity index is 609. The molecule has 0 spiro atoms. The number of benzene rings is 1. The van der Waals surface area contributed by atoms with Crippen molar-refractivity contribution in [2.24, 2.45) is 10.7 Å². The topological polar surface area (TPSA) is 68.2 Å². The van der Waals surface area contributed by atoms with Gasteiger partial charge in [-0.1, -0.05) is 12.1 Å². The quantitative estimate of drug-likeness (QED) is 0.643. The third kappa shape index (κ3) is 2.70. The predicted octanol–water partition coefficient (Wildman–Crippen LogP) is 1.41. The van der Waals surface area contributed by atoms with Crippen LogP contribution in [0.1, 0.15) is 18.7 Å². The highest BCUT2D eigenvalue weighted by Gasteiger charge is 2.21. The first kappa shape index (κ1) is 12.0. The number of aliphatic imine (C=N–C) groups is 1. The normalized spacial score (nSPS) is 15.9. The van der Waals surface area contributed by atoms with Crippen molar-refractivity contribution in [1.82, 2.24) is 14.9 Å². The van der Waals surface area contributed by atoms with E-state index in [1.165, 1.54) is 12.8 Å². The highest BCUT2D eigenvalue weighted by atomic mass is 15.1. The molecule has 19 heavy (non-hydrogen) atoms. The Kier molecular flexibility index (Phi) is 3.11. The summed E-state index contributed by atoms with van der Waals surface area (Å²) in [6, 6.07) is 8.72. The minimum absolute atomic E-state index is 0.555. The molecule has 1 heterocycles. The molecular formula is C14H19N5. The van der Waals surface area contributed by atoms with Crippen molar-refractivity contribution in [3.8, 4) is 0 Å². The summed E-state index contributed by atoms with van der Waals surface area (Å²) in [6.07, 6.45) is 2.42. The fourth-order valence-electron chi connectivity index (χ4n) is 2.23. The summed E-state index contributed by atoms with van der Waals surface area (Å²) >= 11 is 0. The number of imidazole rings is 1. The summed E-state index contributed by atoms with van der Waals surface area (Å²) in [5.41, 5.74) is 8.01.